The van der Waals surface area contributed by atoms with E-state index in [9.17, 15) is 38.7 Å². The summed E-state index contributed by atoms with van der Waals surface area (Å²) in [7, 11) is 1.79. The van der Waals surface area contributed by atoms with Gasteiger partial charge >= 0.3 is 5.97 Å². The lowest BCUT2D eigenvalue weighted by Gasteiger charge is -2.27. The van der Waals surface area contributed by atoms with E-state index in [1.54, 1.807) is 34.7 Å². The van der Waals surface area contributed by atoms with E-state index in [4.69, 9.17) is 44.7 Å². The Morgan fingerprint density at radius 1 is 0.559 bits per heavy atom. The summed E-state index contributed by atoms with van der Waals surface area (Å²) >= 11 is 0. The third-order valence-corrected chi connectivity index (χ3v) is 9.55. The average molecular weight is 980 g/mol. The van der Waals surface area contributed by atoms with Crippen molar-refractivity contribution in [2.24, 2.45) is 29.0 Å². The molecule has 0 aromatic carbocycles. The number of primary amides is 1. The first kappa shape index (κ1) is 65.7. The van der Waals surface area contributed by atoms with Crippen LogP contribution in [0.5, 0.6) is 0 Å². The first-order valence-electron chi connectivity index (χ1n) is 23.5. The lowest BCUT2D eigenvalue weighted by Crippen LogP contribution is -2.57. The second-order valence-corrected chi connectivity index (χ2v) is 16.0. The normalized spacial score (nSPS) is 12.8. The Morgan fingerprint density at radius 3 is 1.54 bits per heavy atom. The smallest absolute Gasteiger partial charge is 0.303 e. The van der Waals surface area contributed by atoms with Gasteiger partial charge in [0.1, 0.15) is 12.1 Å². The number of Topliss-reactive ketones (excluding diaryl/α,β-unsaturated/α-hetero) is 1. The molecule has 396 valence electrons. The Kier molecular flexibility index (Phi) is 43.5. The Labute approximate surface area is 402 Å². The maximum absolute atomic E-state index is 13.3. The molecule has 24 nitrogen and oxygen atoms in total. The van der Waals surface area contributed by atoms with E-state index < -0.39 is 54.3 Å². The molecule has 4 unspecified atom stereocenters. The zero-order chi connectivity index (χ0) is 51.4. The average Bonchev–Trinajstić information content (AvgIpc) is 3.29. The molecule has 0 radical (unpaired) electrons. The SMILES string of the molecule is CNCCCC(NC(=O)C(NC(=O)C(CCC(=O)O)NC(=O)CCOCCOCCOCCNC(=O)CCOCCOCCOCCNC(=O)C(N)CCCCN)C(C)C)C(=O)C(C)C.NC=O. The molecular weight excluding hydrogens is 895 g/mol. The zero-order valence-electron chi connectivity index (χ0n) is 41.1. The molecule has 0 saturated heterocycles. The van der Waals surface area contributed by atoms with Crippen molar-refractivity contribution < 1.29 is 71.9 Å². The number of nitrogens with two attached hydrogens (primary N) is 3. The molecule has 0 aromatic rings. The van der Waals surface area contributed by atoms with Crippen molar-refractivity contribution in [1.29, 1.82) is 0 Å². The highest BCUT2D eigenvalue weighted by molar-refractivity contribution is 5.95. The number of aliphatic carboxylic acids is 1. The number of carbonyl (C=O) groups excluding carboxylic acids is 7. The zero-order valence-corrected chi connectivity index (χ0v) is 41.1. The van der Waals surface area contributed by atoms with Crippen molar-refractivity contribution in [2.45, 2.75) is 110 Å². The molecule has 0 fully saturated rings. The van der Waals surface area contributed by atoms with Crippen LogP contribution in [0.3, 0.4) is 0 Å². The summed E-state index contributed by atoms with van der Waals surface area (Å²) in [5.41, 5.74) is 15.4. The molecule has 0 saturated carbocycles. The van der Waals surface area contributed by atoms with Crippen LogP contribution in [0.25, 0.3) is 0 Å². The Bertz CT molecular complexity index is 1380. The van der Waals surface area contributed by atoms with E-state index in [1.165, 1.54) is 0 Å². The molecule has 0 aliphatic carbocycles. The van der Waals surface area contributed by atoms with Gasteiger partial charge in [0.05, 0.1) is 91.4 Å². The maximum Gasteiger partial charge on any atom is 0.303 e. The maximum atomic E-state index is 13.3. The molecule has 13 N–H and O–H groups in total. The summed E-state index contributed by atoms with van der Waals surface area (Å²) in [6.07, 6.45) is 3.06. The molecular formula is C44H85N9O15. The van der Waals surface area contributed by atoms with Crippen LogP contribution in [0.1, 0.15) is 85.5 Å². The molecule has 0 rings (SSSR count). The van der Waals surface area contributed by atoms with E-state index in [0.29, 0.717) is 91.7 Å². The van der Waals surface area contributed by atoms with Gasteiger partial charge < -0.3 is 82.6 Å². The number of nitrogens with one attached hydrogen (secondary N) is 6. The van der Waals surface area contributed by atoms with Crippen LogP contribution >= 0.6 is 0 Å². The molecule has 4 atom stereocenters. The molecule has 0 aromatic heterocycles. The van der Waals surface area contributed by atoms with Gasteiger partial charge in [0, 0.05) is 38.3 Å². The molecule has 0 heterocycles. The number of ether oxygens (including phenoxy) is 6. The molecule has 0 aliphatic rings. The molecule has 68 heavy (non-hydrogen) atoms. The van der Waals surface area contributed by atoms with Crippen LogP contribution in [0, 0.1) is 11.8 Å². The fourth-order valence-corrected chi connectivity index (χ4v) is 5.81. The van der Waals surface area contributed by atoms with Crippen molar-refractivity contribution >= 4 is 47.7 Å². The lowest BCUT2D eigenvalue weighted by molar-refractivity contribution is -0.138. The number of carbonyl (C=O) groups is 8. The van der Waals surface area contributed by atoms with Gasteiger partial charge in [-0.1, -0.05) is 34.1 Å². The summed E-state index contributed by atoms with van der Waals surface area (Å²) in [6.45, 7) is 12.2. The highest BCUT2D eigenvalue weighted by Crippen LogP contribution is 2.10. The summed E-state index contributed by atoms with van der Waals surface area (Å²) in [5.74, 6) is -4.15. The van der Waals surface area contributed by atoms with Crippen LogP contribution in [-0.2, 0) is 66.8 Å². The van der Waals surface area contributed by atoms with E-state index in [1.807, 2.05) is 0 Å². The van der Waals surface area contributed by atoms with Crippen LogP contribution in [0.2, 0.25) is 0 Å². The number of carboxylic acid groups (broad SMARTS) is 1. The predicted octanol–water partition coefficient (Wildman–Crippen LogP) is -2.14. The van der Waals surface area contributed by atoms with E-state index in [0.717, 1.165) is 12.8 Å². The predicted molar refractivity (Wildman–Crippen MR) is 252 cm³/mol. The first-order chi connectivity index (χ1) is 32.5. The van der Waals surface area contributed by atoms with Gasteiger partial charge in [-0.3, -0.25) is 38.4 Å². The monoisotopic (exact) mass is 980 g/mol. The molecule has 6 amide bonds. The largest absolute Gasteiger partial charge is 0.481 e. The Balaban J connectivity index is 0. The fraction of sp³-hybridized carbons (Fsp3) is 0.818. The van der Waals surface area contributed by atoms with E-state index >= 15 is 0 Å². The Morgan fingerprint density at radius 2 is 1.06 bits per heavy atom. The van der Waals surface area contributed by atoms with Gasteiger partial charge in [0.2, 0.25) is 35.9 Å². The quantitative estimate of drug-likeness (QED) is 0.0230. The van der Waals surface area contributed by atoms with Gasteiger partial charge in [-0.15, -0.1) is 0 Å². The number of rotatable bonds is 44. The molecule has 24 heteroatoms. The number of ketones is 1. The molecule has 0 spiro atoms. The second kappa shape index (κ2) is 45.1. The van der Waals surface area contributed by atoms with Crippen molar-refractivity contribution in [1.82, 2.24) is 31.9 Å². The molecule has 0 aliphatic heterocycles. The summed E-state index contributed by atoms with van der Waals surface area (Å²) in [5, 5.41) is 25.7. The third kappa shape index (κ3) is 38.6. The minimum atomic E-state index is -1.22. The summed E-state index contributed by atoms with van der Waals surface area (Å²) < 4.78 is 32.7. The van der Waals surface area contributed by atoms with E-state index in [2.05, 4.69) is 37.6 Å². The highest BCUT2D eigenvalue weighted by Gasteiger charge is 2.32. The van der Waals surface area contributed by atoms with Crippen LogP contribution in [-0.4, -0.2) is 189 Å². The van der Waals surface area contributed by atoms with Crippen LogP contribution in [0.4, 0.5) is 0 Å². The standard InChI is InChI=1S/C43H82N8O14.CH3NO/c1-31(2)39(43(59)50-34(10-8-16-46-5)40(56)32(3)4)51-42(58)35(11-12-38(54)55)49-37(53)14-20-61-24-28-65-29-25-62-21-17-47-36(52)13-19-60-23-27-64-30-26-63-22-18-48-41(57)33(45)9-6-7-15-44;2-1-3/h31-35,39,46H,6-30,44-45H2,1-5H3,(H,47,52)(H,48,57)(H,49,53)(H,50,59)(H,51,58)(H,54,55);1H,(H2,2,3). The van der Waals surface area contributed by atoms with Crippen LogP contribution in [0.15, 0.2) is 0 Å². The van der Waals surface area contributed by atoms with Crippen molar-refractivity contribution in [3.63, 3.8) is 0 Å². The third-order valence-electron chi connectivity index (χ3n) is 9.55. The summed E-state index contributed by atoms with van der Waals surface area (Å²) in [4.78, 5) is 96.0. The fourth-order valence-electron chi connectivity index (χ4n) is 5.81. The minimum absolute atomic E-state index is 0.0146. The number of carboxylic acids is 1. The number of unbranched alkanes of at least 4 members (excludes halogenated alkanes) is 1. The van der Waals surface area contributed by atoms with Crippen molar-refractivity contribution in [3.05, 3.63) is 0 Å². The highest BCUT2D eigenvalue weighted by atomic mass is 16.5. The first-order valence-corrected chi connectivity index (χ1v) is 23.5. The van der Waals surface area contributed by atoms with E-state index in [-0.39, 0.29) is 88.1 Å². The summed E-state index contributed by atoms with van der Waals surface area (Å²) in [6, 6.07) is -3.54. The van der Waals surface area contributed by atoms with Crippen LogP contribution < -0.4 is 49.1 Å². The van der Waals surface area contributed by atoms with Gasteiger partial charge in [-0.25, -0.2) is 0 Å². The second-order valence-electron chi connectivity index (χ2n) is 16.0. The van der Waals surface area contributed by atoms with Gasteiger partial charge in [-0.2, -0.15) is 0 Å². The Hall–Kier alpha value is -4.40. The topological polar surface area (TPSA) is 362 Å². The molecule has 0 bridgehead atoms. The van der Waals surface area contributed by atoms with Gasteiger partial charge in [0.15, 0.2) is 5.78 Å². The van der Waals surface area contributed by atoms with Crippen molar-refractivity contribution in [3.8, 4) is 0 Å². The lowest BCUT2D eigenvalue weighted by atomic mass is 9.96. The number of hydrogen-bond acceptors (Lipinski definition) is 17. The number of hydrogen-bond donors (Lipinski definition) is 10. The number of amides is 6. The minimum Gasteiger partial charge on any atom is -0.481 e. The van der Waals surface area contributed by atoms with Crippen molar-refractivity contribution in [2.75, 3.05) is 113 Å². The van der Waals surface area contributed by atoms with Gasteiger partial charge in [0.25, 0.3) is 0 Å². The van der Waals surface area contributed by atoms with Gasteiger partial charge in [-0.05, 0) is 58.2 Å².